The Kier molecular flexibility index (Phi) is 1.71. The third-order valence-electron chi connectivity index (χ3n) is 1.14. The van der Waals surface area contributed by atoms with E-state index in [1.165, 1.54) is 4.68 Å². The first kappa shape index (κ1) is 7.45. The van der Waals surface area contributed by atoms with Gasteiger partial charge in [-0.2, -0.15) is 4.68 Å². The molecule has 0 aromatic carbocycles. The van der Waals surface area contributed by atoms with Gasteiger partial charge in [0.2, 0.25) is 0 Å². The lowest BCUT2D eigenvalue weighted by Gasteiger charge is -1.86. The van der Waals surface area contributed by atoms with Crippen molar-refractivity contribution in [3.63, 3.8) is 0 Å². The highest BCUT2D eigenvalue weighted by molar-refractivity contribution is 5.26. The van der Waals surface area contributed by atoms with Crippen LogP contribution in [0.3, 0.4) is 0 Å². The molecule has 0 saturated heterocycles. The van der Waals surface area contributed by atoms with E-state index in [0.29, 0.717) is 5.95 Å². The molecule has 0 aliphatic carbocycles. The minimum Gasteiger partial charge on any atom is -0.390 e. The van der Waals surface area contributed by atoms with Gasteiger partial charge in [-0.3, -0.25) is 0 Å². The maximum atomic E-state index is 10.1. The predicted octanol–water partition coefficient (Wildman–Crippen LogP) is -0.235. The molecule has 0 spiro atoms. The van der Waals surface area contributed by atoms with Crippen molar-refractivity contribution >= 4 is 11.9 Å². The van der Waals surface area contributed by atoms with Crippen LogP contribution in [0.2, 0.25) is 0 Å². The molecule has 7 nitrogen and oxygen atoms in total. The summed E-state index contributed by atoms with van der Waals surface area (Å²) in [6, 6.07) is 0. The number of aryl methyl sites for hydroxylation is 1. The molecule has 1 rings (SSSR count). The predicted molar refractivity (Wildman–Crippen MR) is 37.2 cm³/mol. The van der Waals surface area contributed by atoms with Gasteiger partial charge in [-0.05, 0) is 9.91 Å². The molecule has 0 unspecified atom stereocenters. The normalized spacial score (nSPS) is 9.64. The summed E-state index contributed by atoms with van der Waals surface area (Å²) in [5, 5.41) is 16.3. The Morgan fingerprint density at radius 1 is 1.73 bits per heavy atom. The lowest BCUT2D eigenvalue weighted by atomic mass is 10.9. The average Bonchev–Trinajstić information content (AvgIpc) is 2.31. The zero-order valence-corrected chi connectivity index (χ0v) is 6.11. The molecule has 0 saturated carbocycles. The molecule has 1 aromatic heterocycles. The number of rotatable bonds is 2. The molecule has 0 aliphatic rings. The number of hydrogen-bond donors (Lipinski definition) is 1. The largest absolute Gasteiger partial charge is 0.493 e. The topological polar surface area (TPSA) is 85.9 Å². The van der Waals surface area contributed by atoms with Gasteiger partial charge in [-0.25, -0.2) is 0 Å². The number of anilines is 1. The van der Waals surface area contributed by atoms with Gasteiger partial charge >= 0.3 is 11.9 Å². The standard InChI is InChI=1S/C4H7N5O2/c1-5-3-6-4(9(10)11)7-8(3)2/h1-2H3,(H,5,6,7). The Morgan fingerprint density at radius 3 is 2.64 bits per heavy atom. The van der Waals surface area contributed by atoms with Crippen molar-refractivity contribution in [2.45, 2.75) is 0 Å². The van der Waals surface area contributed by atoms with E-state index in [-0.39, 0.29) is 0 Å². The maximum absolute atomic E-state index is 10.1. The van der Waals surface area contributed by atoms with Crippen LogP contribution in [0.15, 0.2) is 0 Å². The average molecular weight is 157 g/mol. The molecule has 0 radical (unpaired) electrons. The lowest BCUT2D eigenvalue weighted by molar-refractivity contribution is -0.394. The van der Waals surface area contributed by atoms with Crippen molar-refractivity contribution in [2.75, 3.05) is 12.4 Å². The van der Waals surface area contributed by atoms with Crippen LogP contribution in [0.5, 0.6) is 0 Å². The fourth-order valence-electron chi connectivity index (χ4n) is 0.666. The zero-order chi connectivity index (χ0) is 8.43. The van der Waals surface area contributed by atoms with Crippen LogP contribution in [0.1, 0.15) is 0 Å². The third kappa shape index (κ3) is 1.26. The lowest BCUT2D eigenvalue weighted by Crippen LogP contribution is -1.98. The minimum atomic E-state index is -0.638. The van der Waals surface area contributed by atoms with Crippen LogP contribution < -0.4 is 5.32 Å². The SMILES string of the molecule is CNc1nc([N+](=O)[O-])nn1C. The minimum absolute atomic E-state index is 0.372. The van der Waals surface area contributed by atoms with Crippen LogP contribution in [-0.4, -0.2) is 26.7 Å². The van der Waals surface area contributed by atoms with Gasteiger partial charge in [0, 0.05) is 19.2 Å². The molecule has 60 valence electrons. The van der Waals surface area contributed by atoms with Gasteiger partial charge in [0.05, 0.1) is 0 Å². The fraction of sp³-hybridized carbons (Fsp3) is 0.500. The summed E-state index contributed by atoms with van der Waals surface area (Å²) in [6.45, 7) is 0. The first-order valence-electron chi connectivity index (χ1n) is 2.88. The van der Waals surface area contributed by atoms with Gasteiger partial charge in [0.15, 0.2) is 0 Å². The summed E-state index contributed by atoms with van der Waals surface area (Å²) in [7, 11) is 3.19. The van der Waals surface area contributed by atoms with Crippen LogP contribution in [0.4, 0.5) is 11.9 Å². The molecule has 0 atom stereocenters. The monoisotopic (exact) mass is 157 g/mol. The molecule has 7 heteroatoms. The van der Waals surface area contributed by atoms with E-state index in [1.807, 2.05) is 0 Å². The van der Waals surface area contributed by atoms with E-state index in [2.05, 4.69) is 15.4 Å². The first-order chi connectivity index (χ1) is 5.15. The summed E-state index contributed by atoms with van der Waals surface area (Å²) in [5.74, 6) is -0.0199. The smallest absolute Gasteiger partial charge is 0.390 e. The number of nitrogens with one attached hydrogen (secondary N) is 1. The van der Waals surface area contributed by atoms with Gasteiger partial charge in [0.1, 0.15) is 0 Å². The number of aromatic nitrogens is 3. The van der Waals surface area contributed by atoms with E-state index in [0.717, 1.165) is 0 Å². The highest BCUT2D eigenvalue weighted by Gasteiger charge is 2.16. The molecule has 11 heavy (non-hydrogen) atoms. The Morgan fingerprint density at radius 2 is 2.36 bits per heavy atom. The zero-order valence-electron chi connectivity index (χ0n) is 6.11. The molecular formula is C4H7N5O2. The molecule has 0 bridgehead atoms. The van der Waals surface area contributed by atoms with E-state index < -0.39 is 10.9 Å². The van der Waals surface area contributed by atoms with E-state index in [1.54, 1.807) is 14.1 Å². The Hall–Kier alpha value is -1.66. The van der Waals surface area contributed by atoms with Gasteiger partial charge in [-0.1, -0.05) is 0 Å². The van der Waals surface area contributed by atoms with Gasteiger partial charge in [-0.15, -0.1) is 0 Å². The van der Waals surface area contributed by atoms with Crippen molar-refractivity contribution in [1.82, 2.24) is 14.8 Å². The molecule has 0 aliphatic heterocycles. The summed E-state index contributed by atoms with van der Waals surface area (Å²) in [5.41, 5.74) is 0. The van der Waals surface area contributed by atoms with Gasteiger partial charge < -0.3 is 15.4 Å². The molecule has 0 fully saturated rings. The quantitative estimate of drug-likeness (QED) is 0.473. The van der Waals surface area contributed by atoms with Crippen molar-refractivity contribution < 1.29 is 4.92 Å². The highest BCUT2D eigenvalue weighted by Crippen LogP contribution is 2.07. The highest BCUT2D eigenvalue weighted by atomic mass is 16.6. The fourth-order valence-corrected chi connectivity index (χ4v) is 0.666. The van der Waals surface area contributed by atoms with Crippen LogP contribution in [-0.2, 0) is 7.05 Å². The Bertz CT molecular complexity index is 280. The van der Waals surface area contributed by atoms with Crippen LogP contribution in [0, 0.1) is 10.1 Å². The second kappa shape index (κ2) is 2.52. The first-order valence-corrected chi connectivity index (χ1v) is 2.88. The number of hydrogen-bond acceptors (Lipinski definition) is 5. The second-order valence-corrected chi connectivity index (χ2v) is 1.87. The van der Waals surface area contributed by atoms with Gasteiger partial charge in [0.25, 0.3) is 0 Å². The van der Waals surface area contributed by atoms with E-state index >= 15 is 0 Å². The summed E-state index contributed by atoms with van der Waals surface area (Å²) < 4.78 is 1.30. The van der Waals surface area contributed by atoms with Crippen LogP contribution in [0.25, 0.3) is 0 Å². The number of nitro groups is 1. The Balaban J connectivity index is 3.05. The van der Waals surface area contributed by atoms with Crippen LogP contribution >= 0.6 is 0 Å². The van der Waals surface area contributed by atoms with Crippen molar-refractivity contribution in [2.24, 2.45) is 7.05 Å². The number of nitrogens with zero attached hydrogens (tertiary/aromatic N) is 4. The summed E-state index contributed by atoms with van der Waals surface area (Å²) >= 11 is 0. The molecule has 1 aromatic rings. The van der Waals surface area contributed by atoms with E-state index in [4.69, 9.17) is 0 Å². The van der Waals surface area contributed by atoms with E-state index in [9.17, 15) is 10.1 Å². The molecule has 1 N–H and O–H groups in total. The third-order valence-corrected chi connectivity index (χ3v) is 1.14. The molecule has 0 amide bonds. The van der Waals surface area contributed by atoms with Crippen molar-refractivity contribution in [1.29, 1.82) is 0 Å². The second-order valence-electron chi connectivity index (χ2n) is 1.87. The molecule has 1 heterocycles. The summed E-state index contributed by atoms with van der Waals surface area (Å²) in [4.78, 5) is 13.1. The molecular weight excluding hydrogens is 150 g/mol. The summed E-state index contributed by atoms with van der Waals surface area (Å²) in [6.07, 6.45) is 0. The van der Waals surface area contributed by atoms with Crippen molar-refractivity contribution in [3.8, 4) is 0 Å². The maximum Gasteiger partial charge on any atom is 0.493 e. The van der Waals surface area contributed by atoms with Crippen molar-refractivity contribution in [3.05, 3.63) is 10.1 Å². The Labute approximate surface area is 62.2 Å².